The Bertz CT molecular complexity index is 742. The van der Waals surface area contributed by atoms with E-state index in [0.29, 0.717) is 36.4 Å². The number of rotatable bonds is 4. The maximum Gasteiger partial charge on any atom is 0.273 e. The molecule has 8 heteroatoms. The number of carbonyl (C=O) groups excluding carboxylic acids is 1. The van der Waals surface area contributed by atoms with Gasteiger partial charge < -0.3 is 9.84 Å². The quantitative estimate of drug-likeness (QED) is 0.859. The molecule has 3 fully saturated rings. The highest BCUT2D eigenvalue weighted by molar-refractivity contribution is 7.91. The zero-order valence-corrected chi connectivity index (χ0v) is 15.3. The van der Waals surface area contributed by atoms with E-state index in [0.717, 1.165) is 31.7 Å². The Kier molecular flexibility index (Phi) is 4.35. The largest absolute Gasteiger partial charge is 0.360 e. The Labute approximate surface area is 148 Å². The molecular formula is C17H25N3O4S. The van der Waals surface area contributed by atoms with E-state index in [2.05, 4.69) is 22.3 Å². The molecule has 138 valence electrons. The number of nitrogens with one attached hydrogen (secondary N) is 1. The van der Waals surface area contributed by atoms with Crippen molar-refractivity contribution in [3.63, 3.8) is 0 Å². The molecule has 0 spiro atoms. The summed E-state index contributed by atoms with van der Waals surface area (Å²) in [5.74, 6) is 1.97. The second-order valence-corrected chi connectivity index (χ2v) is 10.1. The minimum absolute atomic E-state index is 0.0621. The average molecular weight is 367 g/mol. The van der Waals surface area contributed by atoms with Gasteiger partial charge in [-0.15, -0.1) is 0 Å². The number of aromatic nitrogens is 1. The second-order valence-electron chi connectivity index (χ2n) is 7.78. The lowest BCUT2D eigenvalue weighted by atomic mass is 10.1. The molecule has 1 saturated carbocycles. The van der Waals surface area contributed by atoms with E-state index in [9.17, 15) is 13.2 Å². The number of nitrogens with zero attached hydrogens (tertiary/aromatic N) is 2. The maximum absolute atomic E-state index is 12.4. The van der Waals surface area contributed by atoms with Gasteiger partial charge in [-0.05, 0) is 31.6 Å². The van der Waals surface area contributed by atoms with Crippen LogP contribution in [0, 0.1) is 5.92 Å². The third kappa shape index (κ3) is 3.74. The van der Waals surface area contributed by atoms with E-state index in [4.69, 9.17) is 4.52 Å². The Balaban J connectivity index is 1.34. The minimum atomic E-state index is -2.84. The minimum Gasteiger partial charge on any atom is -0.360 e. The molecule has 25 heavy (non-hydrogen) atoms. The molecule has 0 radical (unpaired) electrons. The highest BCUT2D eigenvalue weighted by atomic mass is 32.2. The van der Waals surface area contributed by atoms with Crippen molar-refractivity contribution in [3.05, 3.63) is 17.5 Å². The number of hydrogen-bond acceptors (Lipinski definition) is 6. The SMILES string of the molecule is C[C@@H]1CN(C2CCS(=O)(=O)CC2)C[C@H]1NC(=O)c1cc(C2CC2)on1. The number of sulfone groups is 1. The molecular weight excluding hydrogens is 342 g/mol. The summed E-state index contributed by atoms with van der Waals surface area (Å²) in [6.07, 6.45) is 3.62. The zero-order chi connectivity index (χ0) is 17.6. The highest BCUT2D eigenvalue weighted by Crippen LogP contribution is 2.40. The third-order valence-electron chi connectivity index (χ3n) is 5.74. The predicted octanol–water partition coefficient (Wildman–Crippen LogP) is 1.18. The van der Waals surface area contributed by atoms with Crippen molar-refractivity contribution in [1.82, 2.24) is 15.4 Å². The summed E-state index contributed by atoms with van der Waals surface area (Å²) in [6, 6.07) is 2.13. The Hall–Kier alpha value is -1.41. The normalized spacial score (nSPS) is 30.4. The fourth-order valence-electron chi connectivity index (χ4n) is 3.93. The van der Waals surface area contributed by atoms with E-state index in [-0.39, 0.29) is 23.5 Å². The first-order valence-corrected chi connectivity index (χ1v) is 11.0. The van der Waals surface area contributed by atoms with Crippen molar-refractivity contribution >= 4 is 15.7 Å². The molecule has 2 aliphatic heterocycles. The van der Waals surface area contributed by atoms with Crippen molar-refractivity contribution in [3.8, 4) is 0 Å². The first-order valence-electron chi connectivity index (χ1n) is 9.13. The van der Waals surface area contributed by atoms with Gasteiger partial charge in [0.25, 0.3) is 5.91 Å². The molecule has 1 N–H and O–H groups in total. The van der Waals surface area contributed by atoms with E-state index in [1.54, 1.807) is 6.07 Å². The number of carbonyl (C=O) groups is 1. The van der Waals surface area contributed by atoms with Crippen LogP contribution >= 0.6 is 0 Å². The van der Waals surface area contributed by atoms with Crippen LogP contribution in [0.15, 0.2) is 10.6 Å². The van der Waals surface area contributed by atoms with Gasteiger partial charge in [-0.1, -0.05) is 12.1 Å². The summed E-state index contributed by atoms with van der Waals surface area (Å²) >= 11 is 0. The van der Waals surface area contributed by atoms with Crippen molar-refractivity contribution in [2.75, 3.05) is 24.6 Å². The molecule has 7 nitrogen and oxygen atoms in total. The lowest BCUT2D eigenvalue weighted by Gasteiger charge is -2.30. The van der Waals surface area contributed by atoms with Gasteiger partial charge in [0.15, 0.2) is 5.69 Å². The van der Waals surface area contributed by atoms with Crippen LogP contribution in [-0.4, -0.2) is 61.1 Å². The van der Waals surface area contributed by atoms with Crippen LogP contribution in [0.4, 0.5) is 0 Å². The topological polar surface area (TPSA) is 92.5 Å². The van der Waals surface area contributed by atoms with E-state index in [1.165, 1.54) is 0 Å². The highest BCUT2D eigenvalue weighted by Gasteiger charge is 2.37. The van der Waals surface area contributed by atoms with Gasteiger partial charge in [0, 0.05) is 37.2 Å². The number of amides is 1. The molecule has 0 unspecified atom stereocenters. The molecule has 0 bridgehead atoms. The van der Waals surface area contributed by atoms with Crippen LogP contribution in [0.5, 0.6) is 0 Å². The summed E-state index contributed by atoms with van der Waals surface area (Å²) in [4.78, 5) is 14.8. The average Bonchev–Trinajstić information content (AvgIpc) is 3.18. The summed E-state index contributed by atoms with van der Waals surface area (Å²) in [5.41, 5.74) is 0.358. The second kappa shape index (κ2) is 6.39. The smallest absolute Gasteiger partial charge is 0.273 e. The van der Waals surface area contributed by atoms with E-state index < -0.39 is 9.84 Å². The van der Waals surface area contributed by atoms with Gasteiger partial charge in [0.2, 0.25) is 0 Å². The molecule has 3 heterocycles. The summed E-state index contributed by atoms with van der Waals surface area (Å²) in [7, 11) is -2.84. The van der Waals surface area contributed by atoms with E-state index in [1.807, 2.05) is 0 Å². The van der Waals surface area contributed by atoms with Gasteiger partial charge >= 0.3 is 0 Å². The van der Waals surface area contributed by atoms with Crippen LogP contribution in [0.25, 0.3) is 0 Å². The third-order valence-corrected chi connectivity index (χ3v) is 7.45. The lowest BCUT2D eigenvalue weighted by molar-refractivity contribution is 0.0921. The van der Waals surface area contributed by atoms with Crippen LogP contribution in [0.2, 0.25) is 0 Å². The van der Waals surface area contributed by atoms with Gasteiger partial charge in [0.05, 0.1) is 11.5 Å². The Morgan fingerprint density at radius 1 is 1.24 bits per heavy atom. The Morgan fingerprint density at radius 2 is 1.96 bits per heavy atom. The summed E-state index contributed by atoms with van der Waals surface area (Å²) in [5, 5.41) is 6.98. The number of hydrogen-bond donors (Lipinski definition) is 1. The Morgan fingerprint density at radius 3 is 2.64 bits per heavy atom. The fraction of sp³-hybridized carbons (Fsp3) is 0.765. The number of likely N-dealkylation sites (tertiary alicyclic amines) is 1. The van der Waals surface area contributed by atoms with Crippen LogP contribution < -0.4 is 5.32 Å². The van der Waals surface area contributed by atoms with Crippen molar-refractivity contribution in [1.29, 1.82) is 0 Å². The van der Waals surface area contributed by atoms with Gasteiger partial charge in [-0.25, -0.2) is 8.42 Å². The summed E-state index contributed by atoms with van der Waals surface area (Å²) < 4.78 is 28.5. The van der Waals surface area contributed by atoms with Crippen LogP contribution in [0.3, 0.4) is 0 Å². The van der Waals surface area contributed by atoms with Crippen molar-refractivity contribution < 1.29 is 17.7 Å². The van der Waals surface area contributed by atoms with Gasteiger partial charge in [-0.2, -0.15) is 0 Å². The standard InChI is InChI=1S/C17H25N3O4S/c1-11-9-20(13-4-6-25(22,23)7-5-13)10-15(11)18-17(21)14-8-16(24-19-14)12-2-3-12/h8,11-13,15H,2-7,9-10H2,1H3,(H,18,21)/t11-,15-/m1/s1. The molecule has 1 aromatic rings. The predicted molar refractivity (Wildman–Crippen MR) is 92.1 cm³/mol. The van der Waals surface area contributed by atoms with Crippen molar-refractivity contribution in [2.24, 2.45) is 5.92 Å². The molecule has 1 aromatic heterocycles. The fourth-order valence-corrected chi connectivity index (χ4v) is 5.40. The van der Waals surface area contributed by atoms with Crippen LogP contribution in [0.1, 0.15) is 54.8 Å². The molecule has 2 atom stereocenters. The molecule has 3 aliphatic rings. The monoisotopic (exact) mass is 367 g/mol. The van der Waals surface area contributed by atoms with Crippen molar-refractivity contribution in [2.45, 2.75) is 50.6 Å². The zero-order valence-electron chi connectivity index (χ0n) is 14.5. The lowest BCUT2D eigenvalue weighted by Crippen LogP contribution is -2.43. The van der Waals surface area contributed by atoms with Gasteiger partial charge in [0.1, 0.15) is 15.6 Å². The molecule has 4 rings (SSSR count). The molecule has 0 aromatic carbocycles. The van der Waals surface area contributed by atoms with Crippen LogP contribution in [-0.2, 0) is 9.84 Å². The maximum atomic E-state index is 12.4. The molecule has 2 saturated heterocycles. The van der Waals surface area contributed by atoms with Gasteiger partial charge in [-0.3, -0.25) is 9.69 Å². The first-order chi connectivity index (χ1) is 11.9. The summed E-state index contributed by atoms with van der Waals surface area (Å²) in [6.45, 7) is 3.79. The molecule has 1 amide bonds. The first kappa shape index (κ1) is 17.0. The molecule has 1 aliphatic carbocycles. The van der Waals surface area contributed by atoms with E-state index >= 15 is 0 Å².